The highest BCUT2D eigenvalue weighted by atomic mass is 32.2. The molecule has 196 valence electrons. The van der Waals surface area contributed by atoms with Crippen LogP contribution in [0, 0.1) is 12.3 Å². The summed E-state index contributed by atoms with van der Waals surface area (Å²) in [6, 6.07) is 0.271. The van der Waals surface area contributed by atoms with Gasteiger partial charge in [0, 0.05) is 37.9 Å². The second-order valence-electron chi connectivity index (χ2n) is 9.88. The van der Waals surface area contributed by atoms with Crippen LogP contribution in [0.5, 0.6) is 0 Å². The van der Waals surface area contributed by atoms with Gasteiger partial charge in [-0.15, -0.1) is 6.42 Å². The number of terminal acetylenes is 1. The van der Waals surface area contributed by atoms with Gasteiger partial charge in [0.1, 0.15) is 16.7 Å². The van der Waals surface area contributed by atoms with Crippen LogP contribution in [0.2, 0.25) is 0 Å². The van der Waals surface area contributed by atoms with E-state index in [1.54, 1.807) is 14.0 Å². The minimum Gasteiger partial charge on any atom is -0.388 e. The Kier molecular flexibility index (Phi) is 6.29. The topological polar surface area (TPSA) is 135 Å². The first-order valence-corrected chi connectivity index (χ1v) is 13.5. The molecule has 0 unspecified atom stereocenters. The van der Waals surface area contributed by atoms with Gasteiger partial charge in [-0.05, 0) is 38.7 Å². The van der Waals surface area contributed by atoms with Gasteiger partial charge in [-0.25, -0.2) is 17.8 Å². The Labute approximate surface area is 213 Å². The lowest BCUT2D eigenvalue weighted by molar-refractivity contribution is 0.0266. The van der Waals surface area contributed by atoms with Crippen molar-refractivity contribution in [3.63, 3.8) is 0 Å². The molecule has 11 nitrogen and oxygen atoms in total. The highest BCUT2D eigenvalue weighted by Crippen LogP contribution is 2.39. The first-order chi connectivity index (χ1) is 17.5. The predicted octanol–water partition coefficient (Wildman–Crippen LogP) is 1.20. The number of fused-ring (bicyclic) bond motifs is 1. The van der Waals surface area contributed by atoms with E-state index in [0.29, 0.717) is 23.9 Å². The Morgan fingerprint density at radius 3 is 2.73 bits per heavy atom. The fraction of sp³-hybridized carbons (Fsp3) is 0.500. The molecule has 2 N–H and O–H groups in total. The molecule has 0 aromatic carbocycles. The van der Waals surface area contributed by atoms with Crippen LogP contribution < -0.4 is 10.9 Å². The summed E-state index contributed by atoms with van der Waals surface area (Å²) >= 11 is 0. The maximum absolute atomic E-state index is 15.2. The van der Waals surface area contributed by atoms with Gasteiger partial charge in [0.05, 0.1) is 29.4 Å². The van der Waals surface area contributed by atoms with Gasteiger partial charge < -0.3 is 10.4 Å². The lowest BCUT2D eigenvalue weighted by Gasteiger charge is -2.34. The lowest BCUT2D eigenvalue weighted by atomic mass is 9.99. The number of piperidine rings is 1. The molecule has 3 aromatic heterocycles. The molecule has 1 aliphatic heterocycles. The minimum absolute atomic E-state index is 0.0126. The van der Waals surface area contributed by atoms with Gasteiger partial charge in [0.2, 0.25) is 16.0 Å². The second kappa shape index (κ2) is 9.20. The van der Waals surface area contributed by atoms with E-state index in [4.69, 9.17) is 6.42 Å². The summed E-state index contributed by atoms with van der Waals surface area (Å²) < 4.78 is 44.8. The van der Waals surface area contributed by atoms with E-state index in [1.807, 2.05) is 0 Å². The quantitative estimate of drug-likeness (QED) is 0.471. The van der Waals surface area contributed by atoms with E-state index < -0.39 is 39.4 Å². The molecule has 2 fully saturated rings. The third-order valence-electron chi connectivity index (χ3n) is 7.26. The number of hydrogen-bond donors (Lipinski definition) is 2. The number of nitrogens with zero attached hydrogens (tertiary/aromatic N) is 6. The van der Waals surface area contributed by atoms with Crippen molar-refractivity contribution >= 4 is 27.0 Å². The average Bonchev–Trinajstić information content (AvgIpc) is 3.45. The molecule has 1 saturated carbocycles. The number of hydrogen-bond acceptors (Lipinski definition) is 8. The molecule has 5 rings (SSSR count). The number of nitrogens with one attached hydrogen (secondary N) is 1. The molecule has 1 aliphatic carbocycles. The molecule has 1 saturated heterocycles. The monoisotopic (exact) mass is 529 g/mol. The number of anilines is 1. The normalized spacial score (nSPS) is 26.8. The Hall–Kier alpha value is -3.34. The van der Waals surface area contributed by atoms with Gasteiger partial charge in [0.15, 0.2) is 0 Å². The van der Waals surface area contributed by atoms with E-state index in [-0.39, 0.29) is 35.9 Å². The zero-order valence-electron chi connectivity index (χ0n) is 20.5. The summed E-state index contributed by atoms with van der Waals surface area (Å²) in [7, 11) is -2.26. The van der Waals surface area contributed by atoms with Crippen LogP contribution in [0.3, 0.4) is 0 Å². The van der Waals surface area contributed by atoms with Gasteiger partial charge in [0.25, 0.3) is 5.56 Å². The van der Waals surface area contributed by atoms with Crippen molar-refractivity contribution in [2.24, 2.45) is 7.05 Å². The SMILES string of the molecule is C#Cc1cc2cnc(N[C@@H]3CCN(S(=O)(=O)c4cnn(C)c4)C[C@H]3F)nc2n([C@@H]2CCC[C@@]2(C)O)c1=O. The van der Waals surface area contributed by atoms with E-state index in [0.717, 1.165) is 10.7 Å². The third-order valence-corrected chi connectivity index (χ3v) is 9.07. The Balaban J connectivity index is 1.42. The second-order valence-corrected chi connectivity index (χ2v) is 11.8. The molecule has 4 atom stereocenters. The third kappa shape index (κ3) is 4.49. The highest BCUT2D eigenvalue weighted by Gasteiger charge is 2.40. The first-order valence-electron chi connectivity index (χ1n) is 12.0. The van der Waals surface area contributed by atoms with E-state index in [9.17, 15) is 18.3 Å². The number of alkyl halides is 1. The molecule has 2 aliphatic rings. The average molecular weight is 530 g/mol. The summed E-state index contributed by atoms with van der Waals surface area (Å²) in [4.78, 5) is 22.0. The maximum Gasteiger partial charge on any atom is 0.268 e. The fourth-order valence-corrected chi connectivity index (χ4v) is 6.67. The van der Waals surface area contributed by atoms with Gasteiger partial charge in [-0.1, -0.05) is 5.92 Å². The molecule has 3 aromatic rings. The van der Waals surface area contributed by atoms with Crippen molar-refractivity contribution in [2.75, 3.05) is 18.4 Å². The van der Waals surface area contributed by atoms with Crippen LogP contribution >= 0.6 is 0 Å². The standard InChI is InChI=1S/C24H28FN7O4S/c1-4-15-10-16-11-26-23(29-21(16)32(22(15)33)20-6-5-8-24(20,2)34)28-19-7-9-31(14-18(19)25)37(35,36)17-12-27-30(3)13-17/h1,10-13,18-20,34H,5-9,14H2,2-3H3,(H,26,28,29)/t18-,19-,20-,24-/m1/s1. The van der Waals surface area contributed by atoms with Crippen LogP contribution in [0.4, 0.5) is 10.3 Å². The minimum atomic E-state index is -3.86. The highest BCUT2D eigenvalue weighted by molar-refractivity contribution is 7.89. The fourth-order valence-electron chi connectivity index (χ4n) is 5.23. The van der Waals surface area contributed by atoms with Crippen LogP contribution in [0.15, 0.2) is 34.3 Å². The number of sulfonamides is 1. The van der Waals surface area contributed by atoms with E-state index >= 15 is 4.39 Å². The zero-order valence-corrected chi connectivity index (χ0v) is 21.3. The van der Waals surface area contributed by atoms with Gasteiger partial charge in [-0.3, -0.25) is 14.0 Å². The molecule has 0 bridgehead atoms. The summed E-state index contributed by atoms with van der Waals surface area (Å²) in [6.07, 6.45) is 10.2. The Bertz CT molecular complexity index is 1560. The lowest BCUT2D eigenvalue weighted by Crippen LogP contribution is -2.50. The number of aromatic nitrogens is 5. The maximum atomic E-state index is 15.2. The van der Waals surface area contributed by atoms with Crippen molar-refractivity contribution in [2.45, 2.75) is 61.4 Å². The van der Waals surface area contributed by atoms with Crippen LogP contribution in [-0.2, 0) is 17.1 Å². The zero-order chi connectivity index (χ0) is 26.5. The molecule has 0 amide bonds. The van der Waals surface area contributed by atoms with Crippen LogP contribution in [0.25, 0.3) is 11.0 Å². The van der Waals surface area contributed by atoms with Crippen molar-refractivity contribution in [3.05, 3.63) is 40.6 Å². The van der Waals surface area contributed by atoms with Crippen LogP contribution in [-0.4, -0.2) is 73.0 Å². The largest absolute Gasteiger partial charge is 0.388 e. The van der Waals surface area contributed by atoms with E-state index in [1.165, 1.54) is 33.9 Å². The molecule has 13 heteroatoms. The summed E-state index contributed by atoms with van der Waals surface area (Å²) in [5.41, 5.74) is -1.10. The molecular formula is C24H28FN7O4S. The summed E-state index contributed by atoms with van der Waals surface area (Å²) in [5.74, 6) is 2.50. The molecule has 0 radical (unpaired) electrons. The number of aliphatic hydroxyl groups is 1. The van der Waals surface area contributed by atoms with Gasteiger partial charge >= 0.3 is 0 Å². The first kappa shape index (κ1) is 25.3. The number of pyridine rings is 1. The van der Waals surface area contributed by atoms with Crippen molar-refractivity contribution in [1.29, 1.82) is 0 Å². The molecule has 0 spiro atoms. The van der Waals surface area contributed by atoms with Crippen molar-refractivity contribution in [1.82, 2.24) is 28.6 Å². The smallest absolute Gasteiger partial charge is 0.268 e. The van der Waals surface area contributed by atoms with E-state index in [2.05, 4.69) is 26.3 Å². The summed E-state index contributed by atoms with van der Waals surface area (Å²) in [5, 5.41) is 18.3. The Morgan fingerprint density at radius 1 is 1.32 bits per heavy atom. The Morgan fingerprint density at radius 2 is 2.11 bits per heavy atom. The van der Waals surface area contributed by atoms with Crippen LogP contribution in [0.1, 0.15) is 44.2 Å². The predicted molar refractivity (Wildman–Crippen MR) is 134 cm³/mol. The molecule has 4 heterocycles. The number of aryl methyl sites for hydroxylation is 1. The number of rotatable bonds is 5. The van der Waals surface area contributed by atoms with Crippen molar-refractivity contribution < 1.29 is 17.9 Å². The summed E-state index contributed by atoms with van der Waals surface area (Å²) in [6.45, 7) is 1.46. The van der Waals surface area contributed by atoms with Crippen molar-refractivity contribution in [3.8, 4) is 12.3 Å². The molecular weight excluding hydrogens is 501 g/mol. The van der Waals surface area contributed by atoms with Gasteiger partial charge in [-0.2, -0.15) is 14.4 Å². The molecule has 37 heavy (non-hydrogen) atoms. The number of halogens is 1.